The monoisotopic (exact) mass is 454 g/mol. The number of benzene rings is 1. The number of nitrogens with one attached hydrogen (secondary N) is 1. The summed E-state index contributed by atoms with van der Waals surface area (Å²) in [6.45, 7) is 0.0633. The van der Waals surface area contributed by atoms with E-state index in [0.717, 1.165) is 6.07 Å². The van der Waals surface area contributed by atoms with Crippen molar-refractivity contribution in [3.63, 3.8) is 0 Å². The van der Waals surface area contributed by atoms with Crippen LogP contribution < -0.4 is 5.32 Å². The van der Waals surface area contributed by atoms with E-state index in [0.29, 0.717) is 15.8 Å². The van der Waals surface area contributed by atoms with Gasteiger partial charge in [0.2, 0.25) is 0 Å². The number of aromatic nitrogens is 3. The van der Waals surface area contributed by atoms with Gasteiger partial charge in [0.1, 0.15) is 5.76 Å². The Morgan fingerprint density at radius 1 is 1.13 bits per heavy atom. The molecule has 154 valence electrons. The summed E-state index contributed by atoms with van der Waals surface area (Å²) >= 11 is 11.8. The Morgan fingerprint density at radius 2 is 1.93 bits per heavy atom. The molecule has 1 aromatic carbocycles. The number of rotatable bonds is 4. The van der Waals surface area contributed by atoms with Crippen molar-refractivity contribution in [2.24, 2.45) is 0 Å². The molecule has 0 atom stereocenters. The average molecular weight is 455 g/mol. The van der Waals surface area contributed by atoms with Crippen LogP contribution in [-0.4, -0.2) is 20.5 Å². The largest absolute Gasteiger partial charge is 0.467 e. The van der Waals surface area contributed by atoms with Crippen LogP contribution in [0.25, 0.3) is 16.9 Å². The van der Waals surface area contributed by atoms with E-state index in [9.17, 15) is 18.0 Å². The second kappa shape index (κ2) is 7.66. The molecular weight excluding hydrogens is 444 g/mol. The smallest absolute Gasteiger partial charge is 0.433 e. The lowest BCUT2D eigenvalue weighted by atomic mass is 10.1. The molecule has 0 radical (unpaired) electrons. The number of halogens is 5. The number of furan rings is 1. The second-order valence-electron chi connectivity index (χ2n) is 6.21. The van der Waals surface area contributed by atoms with Gasteiger partial charge in [-0.2, -0.15) is 18.3 Å². The first kappa shape index (κ1) is 20.2. The maximum Gasteiger partial charge on any atom is 0.433 e. The van der Waals surface area contributed by atoms with Crippen molar-refractivity contribution >= 4 is 34.8 Å². The lowest BCUT2D eigenvalue weighted by Gasteiger charge is -2.11. The zero-order valence-electron chi connectivity index (χ0n) is 14.9. The average Bonchev–Trinajstić information content (AvgIpc) is 3.36. The van der Waals surface area contributed by atoms with Crippen molar-refractivity contribution in [1.29, 1.82) is 0 Å². The van der Waals surface area contributed by atoms with Crippen molar-refractivity contribution in [2.75, 3.05) is 0 Å². The molecule has 11 heteroatoms. The molecule has 1 amide bonds. The Bertz CT molecular complexity index is 1240. The van der Waals surface area contributed by atoms with Gasteiger partial charge in [-0.05, 0) is 30.3 Å². The molecule has 4 aromatic rings. The molecule has 30 heavy (non-hydrogen) atoms. The van der Waals surface area contributed by atoms with E-state index in [4.69, 9.17) is 27.6 Å². The molecule has 0 saturated heterocycles. The van der Waals surface area contributed by atoms with Gasteiger partial charge in [-0.1, -0.05) is 29.3 Å². The van der Waals surface area contributed by atoms with Crippen LogP contribution in [0.1, 0.15) is 21.9 Å². The topological polar surface area (TPSA) is 72.4 Å². The maximum atomic E-state index is 13.7. The molecular formula is C19H11Cl2F3N4O2. The van der Waals surface area contributed by atoms with Gasteiger partial charge in [-0.3, -0.25) is 4.79 Å². The highest BCUT2D eigenvalue weighted by atomic mass is 35.5. The number of carbonyl (C=O) groups is 1. The minimum Gasteiger partial charge on any atom is -0.467 e. The summed E-state index contributed by atoms with van der Waals surface area (Å²) in [5.41, 5.74) is -1.10. The molecule has 0 aliphatic carbocycles. The molecule has 3 heterocycles. The first-order chi connectivity index (χ1) is 14.2. The number of hydrogen-bond acceptors (Lipinski definition) is 4. The molecule has 0 bridgehead atoms. The van der Waals surface area contributed by atoms with E-state index >= 15 is 0 Å². The van der Waals surface area contributed by atoms with E-state index in [-0.39, 0.29) is 33.6 Å². The van der Waals surface area contributed by atoms with Crippen molar-refractivity contribution in [1.82, 2.24) is 19.9 Å². The van der Waals surface area contributed by atoms with Gasteiger partial charge in [0, 0.05) is 11.6 Å². The highest BCUT2D eigenvalue weighted by Gasteiger charge is 2.35. The Morgan fingerprint density at radius 3 is 2.60 bits per heavy atom. The maximum absolute atomic E-state index is 13.7. The predicted molar refractivity (Wildman–Crippen MR) is 103 cm³/mol. The van der Waals surface area contributed by atoms with Gasteiger partial charge in [-0.15, -0.1) is 0 Å². The molecule has 0 spiro atoms. The Balaban J connectivity index is 1.75. The third-order valence-corrected chi connectivity index (χ3v) is 4.91. The van der Waals surface area contributed by atoms with Gasteiger partial charge in [0.05, 0.1) is 28.5 Å². The van der Waals surface area contributed by atoms with Crippen LogP contribution in [0.3, 0.4) is 0 Å². The van der Waals surface area contributed by atoms with E-state index in [1.54, 1.807) is 12.1 Å². The number of hydrogen-bond donors (Lipinski definition) is 1. The third-order valence-electron chi connectivity index (χ3n) is 4.17. The zero-order valence-corrected chi connectivity index (χ0v) is 16.4. The number of carbonyl (C=O) groups excluding carboxylic acids is 1. The summed E-state index contributed by atoms with van der Waals surface area (Å²) in [6, 6.07) is 9.68. The van der Waals surface area contributed by atoms with Crippen molar-refractivity contribution in [3.05, 3.63) is 75.9 Å². The van der Waals surface area contributed by atoms with E-state index in [1.807, 2.05) is 0 Å². The van der Waals surface area contributed by atoms with Gasteiger partial charge < -0.3 is 9.73 Å². The van der Waals surface area contributed by atoms with Crippen LogP contribution in [0, 0.1) is 0 Å². The molecule has 0 saturated carbocycles. The quantitative estimate of drug-likeness (QED) is 0.457. The SMILES string of the molecule is O=C(NCc1ccco1)c1cc2nc(-c3ccc(Cl)c(Cl)c3)cc(C(F)(F)F)n2n1. The first-order valence-corrected chi connectivity index (χ1v) is 9.22. The standard InChI is InChI=1S/C19H11Cl2F3N4O2/c20-12-4-3-10(6-13(12)21)14-7-16(19(22,23)24)28-17(26-14)8-15(27-28)18(29)25-9-11-2-1-5-30-11/h1-8H,9H2,(H,25,29). The Kier molecular flexibility index (Phi) is 5.17. The fourth-order valence-corrected chi connectivity index (χ4v) is 3.06. The van der Waals surface area contributed by atoms with Crippen molar-refractivity contribution in [2.45, 2.75) is 12.7 Å². The van der Waals surface area contributed by atoms with E-state index < -0.39 is 17.8 Å². The van der Waals surface area contributed by atoms with Crippen molar-refractivity contribution in [3.8, 4) is 11.3 Å². The lowest BCUT2D eigenvalue weighted by molar-refractivity contribution is -0.142. The van der Waals surface area contributed by atoms with E-state index in [1.165, 1.54) is 30.5 Å². The molecule has 4 rings (SSSR count). The van der Waals surface area contributed by atoms with Gasteiger partial charge in [-0.25, -0.2) is 9.50 Å². The van der Waals surface area contributed by atoms with Crippen LogP contribution >= 0.6 is 23.2 Å². The van der Waals surface area contributed by atoms with Crippen molar-refractivity contribution < 1.29 is 22.4 Å². The van der Waals surface area contributed by atoms with Crippen LogP contribution in [0.15, 0.2) is 53.1 Å². The predicted octanol–water partition coefficient (Wildman–Crippen LogP) is 5.24. The van der Waals surface area contributed by atoms with Gasteiger partial charge in [0.25, 0.3) is 5.91 Å². The third kappa shape index (κ3) is 3.99. The molecule has 0 aliphatic rings. The van der Waals surface area contributed by atoms with Crippen LogP contribution in [0.5, 0.6) is 0 Å². The fraction of sp³-hybridized carbons (Fsp3) is 0.105. The number of alkyl halides is 3. The highest BCUT2D eigenvalue weighted by Crippen LogP contribution is 2.34. The van der Waals surface area contributed by atoms with E-state index in [2.05, 4.69) is 15.4 Å². The summed E-state index contributed by atoms with van der Waals surface area (Å²) in [5, 5.41) is 6.76. The summed E-state index contributed by atoms with van der Waals surface area (Å²) in [5.74, 6) is -0.177. The molecule has 3 aromatic heterocycles. The number of amides is 1. The summed E-state index contributed by atoms with van der Waals surface area (Å²) < 4.78 is 46.6. The Labute approximate surface area is 177 Å². The van der Waals surface area contributed by atoms with Gasteiger partial charge in [0.15, 0.2) is 17.0 Å². The summed E-state index contributed by atoms with van der Waals surface area (Å²) in [7, 11) is 0. The first-order valence-electron chi connectivity index (χ1n) is 8.46. The van der Waals surface area contributed by atoms with Crippen LogP contribution in [-0.2, 0) is 12.7 Å². The summed E-state index contributed by atoms with van der Waals surface area (Å²) in [6.07, 6.45) is -3.30. The molecule has 0 aliphatic heterocycles. The lowest BCUT2D eigenvalue weighted by Crippen LogP contribution is -2.23. The second-order valence-corrected chi connectivity index (χ2v) is 7.03. The molecule has 0 fully saturated rings. The zero-order chi connectivity index (χ0) is 21.5. The normalized spacial score (nSPS) is 11.8. The molecule has 6 nitrogen and oxygen atoms in total. The van der Waals surface area contributed by atoms with Crippen LogP contribution in [0.4, 0.5) is 13.2 Å². The Hall–Kier alpha value is -3.04. The molecule has 0 unspecified atom stereocenters. The number of nitrogens with zero attached hydrogens (tertiary/aromatic N) is 3. The molecule has 1 N–H and O–H groups in total. The summed E-state index contributed by atoms with van der Waals surface area (Å²) in [4.78, 5) is 16.5. The number of fused-ring (bicyclic) bond motifs is 1. The van der Waals surface area contributed by atoms with Crippen LogP contribution in [0.2, 0.25) is 10.0 Å². The minimum absolute atomic E-state index is 0.0100. The fourth-order valence-electron chi connectivity index (χ4n) is 2.76. The highest BCUT2D eigenvalue weighted by molar-refractivity contribution is 6.42. The minimum atomic E-state index is -4.74. The van der Waals surface area contributed by atoms with Gasteiger partial charge >= 0.3 is 6.18 Å².